The minimum Gasteiger partial charge on any atom is -0.467 e. The predicted octanol–water partition coefficient (Wildman–Crippen LogP) is 7.96. The average Bonchev–Trinajstić information content (AvgIpc) is 3.63. The lowest BCUT2D eigenvalue weighted by molar-refractivity contribution is -0.117. The summed E-state index contributed by atoms with van der Waals surface area (Å²) in [5.41, 5.74) is 6.79. The number of benzene rings is 2. The molecule has 2 heterocycles. The first kappa shape index (κ1) is 31.0. The number of fused-ring (bicyclic) bond motifs is 5. The Balaban J connectivity index is 1.17. The van der Waals surface area contributed by atoms with Crippen LogP contribution in [0.3, 0.4) is 0 Å². The molecule has 8 rings (SSSR count). The third-order valence-electron chi connectivity index (χ3n) is 11.3. The van der Waals surface area contributed by atoms with Gasteiger partial charge >= 0.3 is 0 Å². The second-order valence-corrected chi connectivity index (χ2v) is 15.1. The first-order chi connectivity index (χ1) is 23.5. The van der Waals surface area contributed by atoms with E-state index in [1.165, 1.54) is 35.7 Å². The number of allylic oxidation sites excluding steroid dienone is 1. The molecule has 48 heavy (non-hydrogen) atoms. The van der Waals surface area contributed by atoms with E-state index in [-0.39, 0.29) is 34.6 Å². The van der Waals surface area contributed by atoms with Crippen LogP contribution in [0.4, 0.5) is 0 Å². The summed E-state index contributed by atoms with van der Waals surface area (Å²) in [5.74, 6) is 0.499. The topological polar surface area (TPSA) is 101 Å². The SMILES string of the molecule is N#CC1=C(NC(=O)CSc2nc3c(c(=O)n2Cc2ccco2)C2(CCCCC2)Cc2ccccc2-3)c2ccccc2CC12CCCCC2. The van der Waals surface area contributed by atoms with Crippen molar-refractivity contribution >= 4 is 23.4 Å². The summed E-state index contributed by atoms with van der Waals surface area (Å²) in [7, 11) is 0. The van der Waals surface area contributed by atoms with Crippen molar-refractivity contribution in [1.82, 2.24) is 14.9 Å². The van der Waals surface area contributed by atoms with E-state index in [0.29, 0.717) is 22.2 Å². The molecule has 2 saturated carbocycles. The van der Waals surface area contributed by atoms with Crippen molar-refractivity contribution in [3.8, 4) is 17.3 Å². The lowest BCUT2D eigenvalue weighted by Gasteiger charge is -2.42. The predicted molar refractivity (Wildman–Crippen MR) is 187 cm³/mol. The molecule has 244 valence electrons. The van der Waals surface area contributed by atoms with Gasteiger partial charge in [0, 0.05) is 22.0 Å². The molecule has 8 heteroatoms. The van der Waals surface area contributed by atoms with Crippen molar-refractivity contribution in [1.29, 1.82) is 5.26 Å². The quantitative estimate of drug-likeness (QED) is 0.167. The Labute approximate surface area is 285 Å². The molecule has 0 saturated heterocycles. The molecule has 0 aliphatic heterocycles. The van der Waals surface area contributed by atoms with Crippen LogP contribution in [0.25, 0.3) is 17.0 Å². The number of rotatable bonds is 6. The van der Waals surface area contributed by atoms with Crippen molar-refractivity contribution in [2.45, 2.75) is 94.2 Å². The first-order valence-corrected chi connectivity index (χ1v) is 18.4. The maximum atomic E-state index is 14.7. The van der Waals surface area contributed by atoms with E-state index in [0.717, 1.165) is 86.6 Å². The van der Waals surface area contributed by atoms with Gasteiger partial charge in [0.2, 0.25) is 5.91 Å². The Hall–Kier alpha value is -4.35. The first-order valence-electron chi connectivity index (χ1n) is 17.4. The van der Waals surface area contributed by atoms with Gasteiger partial charge in [-0.15, -0.1) is 0 Å². The Morgan fingerprint density at radius 2 is 1.52 bits per heavy atom. The number of amides is 1. The molecule has 1 N–H and O–H groups in total. The van der Waals surface area contributed by atoms with Crippen LogP contribution in [0.15, 0.2) is 86.9 Å². The van der Waals surface area contributed by atoms with Gasteiger partial charge in [0.05, 0.1) is 47.2 Å². The lowest BCUT2D eigenvalue weighted by atomic mass is 9.62. The number of nitrogens with zero attached hydrogens (tertiary/aromatic N) is 3. The zero-order chi connectivity index (χ0) is 32.7. The molecule has 2 spiro atoms. The number of carbonyl (C=O) groups is 1. The second-order valence-electron chi connectivity index (χ2n) is 14.1. The van der Waals surface area contributed by atoms with Crippen LogP contribution in [-0.2, 0) is 29.6 Å². The summed E-state index contributed by atoms with van der Waals surface area (Å²) in [5, 5.41) is 14.2. The number of nitriles is 1. The maximum absolute atomic E-state index is 14.7. The van der Waals surface area contributed by atoms with Crippen molar-refractivity contribution < 1.29 is 9.21 Å². The summed E-state index contributed by atoms with van der Waals surface area (Å²) in [6, 6.07) is 22.7. The summed E-state index contributed by atoms with van der Waals surface area (Å²) < 4.78 is 7.43. The molecular weight excluding hydrogens is 617 g/mol. The molecule has 4 aliphatic carbocycles. The molecule has 1 amide bonds. The Morgan fingerprint density at radius 1 is 0.875 bits per heavy atom. The fourth-order valence-corrected chi connectivity index (χ4v) is 9.86. The molecule has 7 nitrogen and oxygen atoms in total. The van der Waals surface area contributed by atoms with Gasteiger partial charge in [-0.2, -0.15) is 5.26 Å². The third kappa shape index (κ3) is 5.33. The molecule has 2 fully saturated rings. The molecule has 0 radical (unpaired) electrons. The van der Waals surface area contributed by atoms with Crippen molar-refractivity contribution in [3.63, 3.8) is 0 Å². The Morgan fingerprint density at radius 3 is 2.21 bits per heavy atom. The zero-order valence-electron chi connectivity index (χ0n) is 27.2. The summed E-state index contributed by atoms with van der Waals surface area (Å²) in [6.07, 6.45) is 13.9. The highest BCUT2D eigenvalue weighted by molar-refractivity contribution is 7.99. The van der Waals surface area contributed by atoms with Gasteiger partial charge in [0.1, 0.15) is 5.76 Å². The van der Waals surface area contributed by atoms with Crippen molar-refractivity contribution in [3.05, 3.63) is 111 Å². The van der Waals surface area contributed by atoms with Crippen LogP contribution in [0, 0.1) is 16.7 Å². The van der Waals surface area contributed by atoms with E-state index in [2.05, 4.69) is 35.7 Å². The van der Waals surface area contributed by atoms with Gasteiger partial charge < -0.3 is 9.73 Å². The Bertz CT molecular complexity index is 2010. The van der Waals surface area contributed by atoms with E-state index in [9.17, 15) is 14.9 Å². The molecular formula is C40H40N4O3S. The highest BCUT2D eigenvalue weighted by Gasteiger charge is 2.44. The molecule has 2 aromatic heterocycles. The number of carbonyl (C=O) groups excluding carboxylic acids is 1. The van der Waals surface area contributed by atoms with Crippen molar-refractivity contribution in [2.75, 3.05) is 5.75 Å². The standard InChI is InChI=1S/C40H40N4O3S/c41-24-32-35(30-15-5-3-12-27(30)22-39(32)17-7-1-8-18-39)42-33(45)26-48-38-43-36-31-16-6-4-13-28(31)23-40(19-9-2-10-20-40)34(36)37(46)44(38)25-29-14-11-21-47-29/h3-6,11-16,21H,1-2,7-10,17-20,22-23,25-26H2,(H,42,45). The highest BCUT2D eigenvalue weighted by atomic mass is 32.2. The average molecular weight is 657 g/mol. The molecule has 2 aromatic carbocycles. The number of aromatic nitrogens is 2. The normalized spacial score (nSPS) is 18.9. The van der Waals surface area contributed by atoms with Gasteiger partial charge in [0.25, 0.3) is 5.56 Å². The molecule has 4 aromatic rings. The Kier molecular flexibility index (Phi) is 8.12. The van der Waals surface area contributed by atoms with E-state index in [1.807, 2.05) is 36.4 Å². The van der Waals surface area contributed by atoms with Crippen LogP contribution >= 0.6 is 11.8 Å². The highest BCUT2D eigenvalue weighted by Crippen LogP contribution is 2.51. The number of thioether (sulfide) groups is 1. The minimum atomic E-state index is -0.235. The maximum Gasteiger partial charge on any atom is 0.258 e. The number of hydrogen-bond acceptors (Lipinski definition) is 6. The van der Waals surface area contributed by atoms with E-state index >= 15 is 0 Å². The van der Waals surface area contributed by atoms with Gasteiger partial charge in [-0.25, -0.2) is 4.98 Å². The van der Waals surface area contributed by atoms with Crippen LogP contribution in [-0.4, -0.2) is 21.2 Å². The van der Waals surface area contributed by atoms with Crippen LogP contribution in [0.1, 0.15) is 92.2 Å². The monoisotopic (exact) mass is 656 g/mol. The van der Waals surface area contributed by atoms with Gasteiger partial charge in [-0.05, 0) is 61.8 Å². The second kappa shape index (κ2) is 12.6. The molecule has 4 aliphatic rings. The smallest absolute Gasteiger partial charge is 0.258 e. The van der Waals surface area contributed by atoms with Gasteiger partial charge in [0.15, 0.2) is 5.16 Å². The third-order valence-corrected chi connectivity index (χ3v) is 12.3. The van der Waals surface area contributed by atoms with Crippen LogP contribution in [0.2, 0.25) is 0 Å². The summed E-state index contributed by atoms with van der Waals surface area (Å²) >= 11 is 1.27. The van der Waals surface area contributed by atoms with Gasteiger partial charge in [-0.3, -0.25) is 14.2 Å². The molecule has 0 bridgehead atoms. The molecule has 0 atom stereocenters. The van der Waals surface area contributed by atoms with Gasteiger partial charge in [-0.1, -0.05) is 98.8 Å². The lowest BCUT2D eigenvalue weighted by Crippen LogP contribution is -2.43. The van der Waals surface area contributed by atoms with Crippen molar-refractivity contribution in [2.24, 2.45) is 5.41 Å². The molecule has 0 unspecified atom stereocenters. The largest absolute Gasteiger partial charge is 0.467 e. The summed E-state index contributed by atoms with van der Waals surface area (Å²) in [6.45, 7) is 0.243. The van der Waals surface area contributed by atoms with E-state index in [4.69, 9.17) is 9.40 Å². The zero-order valence-corrected chi connectivity index (χ0v) is 28.0. The van der Waals surface area contributed by atoms with Crippen LogP contribution in [0.5, 0.6) is 0 Å². The number of nitrogens with one attached hydrogen (secondary N) is 1. The van der Waals surface area contributed by atoms with E-state index < -0.39 is 0 Å². The summed E-state index contributed by atoms with van der Waals surface area (Å²) in [4.78, 5) is 33.8. The fraction of sp³-hybridized carbons (Fsp3) is 0.400. The van der Waals surface area contributed by atoms with E-state index in [1.54, 1.807) is 10.8 Å². The number of hydrogen-bond donors (Lipinski definition) is 1. The number of furan rings is 1. The minimum absolute atomic E-state index is 0.0364. The van der Waals surface area contributed by atoms with Crippen LogP contribution < -0.4 is 10.9 Å². The fourth-order valence-electron chi connectivity index (χ4n) is 9.07.